The van der Waals surface area contributed by atoms with E-state index in [1.54, 1.807) is 42.5 Å². The van der Waals surface area contributed by atoms with Crippen LogP contribution in [0.4, 0.5) is 11.4 Å². The van der Waals surface area contributed by atoms with E-state index in [0.717, 1.165) is 17.5 Å². The molecule has 0 bridgehead atoms. The zero-order chi connectivity index (χ0) is 28.2. The number of para-hydroxylation sites is 2. The lowest BCUT2D eigenvalue weighted by molar-refractivity contribution is -0.150. The van der Waals surface area contributed by atoms with Crippen LogP contribution in [0.5, 0.6) is 5.75 Å². The van der Waals surface area contributed by atoms with Crippen molar-refractivity contribution in [3.63, 3.8) is 0 Å². The zero-order valence-corrected chi connectivity index (χ0v) is 22.9. The monoisotopic (exact) mass is 528 g/mol. The molecule has 4 rings (SSSR count). The summed E-state index contributed by atoms with van der Waals surface area (Å²) in [5.41, 5.74) is 1.84. The lowest BCUT2D eigenvalue weighted by atomic mass is 9.61. The standard InChI is InChI=1S/C32H36N2O5/c1-5-18-39-23-16-14-22(15-17-23)27-28(30(36)33-24-12-8-6-10-20(24)2)26(35)19-32(4,38)29(27)31(37)34-25-13-9-7-11-21(25)3/h6-17,27-29,38H,5,18-19H2,1-4H3,(H,33,36)(H,34,37). The molecule has 3 aromatic rings. The Bertz CT molecular complexity index is 1350. The molecular formula is C32H36N2O5. The van der Waals surface area contributed by atoms with E-state index < -0.39 is 41.0 Å². The van der Waals surface area contributed by atoms with Gasteiger partial charge in [-0.05, 0) is 68.1 Å². The summed E-state index contributed by atoms with van der Waals surface area (Å²) in [6.45, 7) is 7.81. The molecule has 0 aromatic heterocycles. The Hall–Kier alpha value is -3.97. The number of hydrogen-bond acceptors (Lipinski definition) is 5. The average Bonchev–Trinajstić information content (AvgIpc) is 2.89. The van der Waals surface area contributed by atoms with E-state index in [4.69, 9.17) is 4.74 Å². The highest BCUT2D eigenvalue weighted by Gasteiger charge is 2.56. The number of amides is 2. The highest BCUT2D eigenvalue weighted by Crippen LogP contribution is 2.47. The molecular weight excluding hydrogens is 492 g/mol. The highest BCUT2D eigenvalue weighted by atomic mass is 16.5. The van der Waals surface area contributed by atoms with Gasteiger partial charge in [0.25, 0.3) is 0 Å². The first-order chi connectivity index (χ1) is 18.6. The second-order valence-electron chi connectivity index (χ2n) is 10.5. The smallest absolute Gasteiger partial charge is 0.235 e. The van der Waals surface area contributed by atoms with Crippen molar-refractivity contribution in [2.75, 3.05) is 17.2 Å². The maximum atomic E-state index is 13.9. The van der Waals surface area contributed by atoms with Crippen molar-refractivity contribution in [1.82, 2.24) is 0 Å². The number of carbonyl (C=O) groups excluding carboxylic acids is 3. The Balaban J connectivity index is 1.77. The third-order valence-corrected chi connectivity index (χ3v) is 7.38. The van der Waals surface area contributed by atoms with Crippen LogP contribution in [0, 0.1) is 25.7 Å². The van der Waals surface area contributed by atoms with Crippen molar-refractivity contribution in [2.45, 2.75) is 52.1 Å². The van der Waals surface area contributed by atoms with Gasteiger partial charge < -0.3 is 20.5 Å². The van der Waals surface area contributed by atoms with E-state index in [0.29, 0.717) is 29.3 Å². The van der Waals surface area contributed by atoms with Crippen molar-refractivity contribution >= 4 is 29.0 Å². The van der Waals surface area contributed by atoms with E-state index >= 15 is 0 Å². The minimum atomic E-state index is -1.68. The van der Waals surface area contributed by atoms with Crippen LogP contribution in [0.1, 0.15) is 49.3 Å². The number of anilines is 2. The quantitative estimate of drug-likeness (QED) is 0.339. The van der Waals surface area contributed by atoms with Crippen LogP contribution in [0.3, 0.4) is 0 Å². The fourth-order valence-electron chi connectivity index (χ4n) is 5.35. The largest absolute Gasteiger partial charge is 0.494 e. The molecule has 39 heavy (non-hydrogen) atoms. The molecule has 7 nitrogen and oxygen atoms in total. The molecule has 0 saturated heterocycles. The molecule has 0 aliphatic heterocycles. The fraction of sp³-hybridized carbons (Fsp3) is 0.344. The van der Waals surface area contributed by atoms with Crippen LogP contribution in [0.15, 0.2) is 72.8 Å². The molecule has 2 amide bonds. The summed E-state index contributed by atoms with van der Waals surface area (Å²) < 4.78 is 5.72. The maximum absolute atomic E-state index is 13.9. The molecule has 204 valence electrons. The van der Waals surface area contributed by atoms with Crippen molar-refractivity contribution in [3.05, 3.63) is 89.5 Å². The van der Waals surface area contributed by atoms with Crippen molar-refractivity contribution < 1.29 is 24.2 Å². The van der Waals surface area contributed by atoms with Crippen LogP contribution >= 0.6 is 0 Å². The van der Waals surface area contributed by atoms with E-state index in [2.05, 4.69) is 10.6 Å². The van der Waals surface area contributed by atoms with Gasteiger partial charge in [-0.3, -0.25) is 14.4 Å². The SMILES string of the molecule is CCCOc1ccc(C2C(C(=O)Nc3ccccc3C)C(=O)CC(C)(O)C2C(=O)Nc2ccccc2C)cc1. The van der Waals surface area contributed by atoms with E-state index in [1.165, 1.54) is 6.92 Å². The van der Waals surface area contributed by atoms with Crippen LogP contribution in [0.25, 0.3) is 0 Å². The molecule has 1 fully saturated rings. The topological polar surface area (TPSA) is 105 Å². The van der Waals surface area contributed by atoms with Gasteiger partial charge in [0, 0.05) is 23.7 Å². The van der Waals surface area contributed by atoms with Crippen LogP contribution in [-0.4, -0.2) is 34.9 Å². The predicted octanol–water partition coefficient (Wildman–Crippen LogP) is 5.41. The average molecular weight is 529 g/mol. The number of aliphatic hydroxyl groups is 1. The number of Topliss-reactive ketones (excluding diaryl/α,β-unsaturated/α-hetero) is 1. The zero-order valence-electron chi connectivity index (χ0n) is 22.9. The molecule has 1 aliphatic carbocycles. The number of ketones is 1. The minimum Gasteiger partial charge on any atom is -0.494 e. The summed E-state index contributed by atoms with van der Waals surface area (Å²) in [5, 5.41) is 17.4. The summed E-state index contributed by atoms with van der Waals surface area (Å²) in [6, 6.07) is 21.7. The highest BCUT2D eigenvalue weighted by molar-refractivity contribution is 6.10. The minimum absolute atomic E-state index is 0.321. The fourth-order valence-corrected chi connectivity index (χ4v) is 5.35. The van der Waals surface area contributed by atoms with E-state index in [-0.39, 0.29) is 6.42 Å². The number of hydrogen-bond donors (Lipinski definition) is 3. The second-order valence-corrected chi connectivity index (χ2v) is 10.5. The third-order valence-electron chi connectivity index (χ3n) is 7.38. The van der Waals surface area contributed by atoms with E-state index in [1.807, 2.05) is 51.1 Å². The molecule has 1 aliphatic rings. The van der Waals surface area contributed by atoms with Crippen LogP contribution < -0.4 is 15.4 Å². The van der Waals surface area contributed by atoms with Crippen molar-refractivity contribution in [3.8, 4) is 5.75 Å². The van der Waals surface area contributed by atoms with Gasteiger partial charge in [-0.15, -0.1) is 0 Å². The Kier molecular flexibility index (Phi) is 8.51. The van der Waals surface area contributed by atoms with E-state index in [9.17, 15) is 19.5 Å². The molecule has 4 unspecified atom stereocenters. The molecule has 1 saturated carbocycles. The third kappa shape index (κ3) is 6.20. The van der Waals surface area contributed by atoms with Gasteiger partial charge in [0.05, 0.1) is 18.1 Å². The van der Waals surface area contributed by atoms with Gasteiger partial charge in [-0.1, -0.05) is 55.5 Å². The molecule has 7 heteroatoms. The first kappa shape index (κ1) is 28.0. The van der Waals surface area contributed by atoms with Gasteiger partial charge in [0.15, 0.2) is 0 Å². The maximum Gasteiger partial charge on any atom is 0.235 e. The van der Waals surface area contributed by atoms with Crippen LogP contribution in [-0.2, 0) is 14.4 Å². The summed E-state index contributed by atoms with van der Waals surface area (Å²) in [4.78, 5) is 41.1. The number of ether oxygens (including phenoxy) is 1. The van der Waals surface area contributed by atoms with Gasteiger partial charge >= 0.3 is 0 Å². The van der Waals surface area contributed by atoms with Gasteiger partial charge in [-0.2, -0.15) is 0 Å². The Labute approximate surface area is 229 Å². The molecule has 0 radical (unpaired) electrons. The Morgan fingerprint density at radius 3 is 1.97 bits per heavy atom. The first-order valence-electron chi connectivity index (χ1n) is 13.3. The number of rotatable bonds is 8. The number of carbonyl (C=O) groups is 3. The molecule has 0 spiro atoms. The van der Waals surface area contributed by atoms with Crippen molar-refractivity contribution in [2.24, 2.45) is 11.8 Å². The molecule has 3 N–H and O–H groups in total. The molecule has 3 aromatic carbocycles. The first-order valence-corrected chi connectivity index (χ1v) is 13.3. The lowest BCUT2D eigenvalue weighted by Gasteiger charge is -2.44. The Morgan fingerprint density at radius 1 is 0.897 bits per heavy atom. The summed E-state index contributed by atoms with van der Waals surface area (Å²) in [6.07, 6.45) is 0.531. The normalized spacial score (nSPS) is 22.7. The molecule has 4 atom stereocenters. The molecule has 0 heterocycles. The summed E-state index contributed by atoms with van der Waals surface area (Å²) >= 11 is 0. The number of benzene rings is 3. The predicted molar refractivity (Wildman–Crippen MR) is 152 cm³/mol. The second kappa shape index (κ2) is 11.8. The van der Waals surface area contributed by atoms with Gasteiger partial charge in [0.2, 0.25) is 11.8 Å². The van der Waals surface area contributed by atoms with Crippen LogP contribution in [0.2, 0.25) is 0 Å². The van der Waals surface area contributed by atoms with Gasteiger partial charge in [-0.25, -0.2) is 0 Å². The summed E-state index contributed by atoms with van der Waals surface area (Å²) in [7, 11) is 0. The number of nitrogens with one attached hydrogen (secondary N) is 2. The summed E-state index contributed by atoms with van der Waals surface area (Å²) in [5.74, 6) is -3.89. The Morgan fingerprint density at radius 2 is 1.44 bits per heavy atom. The van der Waals surface area contributed by atoms with Crippen molar-refractivity contribution in [1.29, 1.82) is 0 Å². The lowest BCUT2D eigenvalue weighted by Crippen LogP contribution is -2.56. The number of aryl methyl sites for hydroxylation is 2. The van der Waals surface area contributed by atoms with Gasteiger partial charge in [0.1, 0.15) is 17.5 Å².